The van der Waals surface area contributed by atoms with E-state index in [0.717, 1.165) is 64.2 Å². The molecule has 0 saturated carbocycles. The maximum absolute atomic E-state index is 14.5. The highest BCUT2D eigenvalue weighted by Gasteiger charge is 2.30. The number of carbonyl (C=O) groups is 1. The molecule has 3 heterocycles. The maximum atomic E-state index is 14.5. The SMILES string of the molecule is COc1ccc(CN2C(=O)c3cccc4c(Cn5ccc(CN6CCN(c7ccc(C#N)cc7F)CC6)n5)ccc2c34)cc1. The van der Waals surface area contributed by atoms with Crippen LogP contribution in [0, 0.1) is 17.1 Å². The standard InChI is InChI=1S/C35H31FN6O2/c1-44-28-9-5-24(6-10-28)21-42-33-12-8-26(29-3-2-4-30(34(29)33)35(42)43)22-41-14-13-27(38-41)23-39-15-17-40(18-16-39)32-11-7-25(20-37)19-31(32)36/h2-14,19H,15-18,21-23H2,1H3. The molecule has 1 saturated heterocycles. The van der Waals surface area contributed by atoms with Crippen LogP contribution in [0.5, 0.6) is 5.75 Å². The Morgan fingerprint density at radius 3 is 2.45 bits per heavy atom. The Labute approximate surface area is 255 Å². The number of amides is 1. The molecule has 2 aliphatic heterocycles. The van der Waals surface area contributed by atoms with E-state index < -0.39 is 0 Å². The van der Waals surface area contributed by atoms with Crippen LogP contribution in [0.4, 0.5) is 15.8 Å². The van der Waals surface area contributed by atoms with Gasteiger partial charge in [0.15, 0.2) is 0 Å². The van der Waals surface area contributed by atoms with Gasteiger partial charge in [0.1, 0.15) is 11.6 Å². The lowest BCUT2D eigenvalue weighted by atomic mass is 10.0. The zero-order chi connectivity index (χ0) is 30.2. The van der Waals surface area contributed by atoms with Crippen LogP contribution in [0.2, 0.25) is 0 Å². The van der Waals surface area contributed by atoms with E-state index >= 15 is 0 Å². The Hall–Kier alpha value is -5.20. The molecule has 5 aromatic rings. The summed E-state index contributed by atoms with van der Waals surface area (Å²) >= 11 is 0. The molecule has 9 heteroatoms. The highest BCUT2D eigenvalue weighted by molar-refractivity contribution is 6.25. The van der Waals surface area contributed by atoms with E-state index in [-0.39, 0.29) is 11.7 Å². The van der Waals surface area contributed by atoms with Crippen molar-refractivity contribution >= 4 is 28.1 Å². The third kappa shape index (κ3) is 5.14. The molecule has 0 unspecified atom stereocenters. The second kappa shape index (κ2) is 11.5. The van der Waals surface area contributed by atoms with Gasteiger partial charge in [0.05, 0.1) is 48.9 Å². The van der Waals surface area contributed by atoms with E-state index in [2.05, 4.69) is 23.1 Å². The smallest absolute Gasteiger partial charge is 0.259 e. The number of benzene rings is 4. The fraction of sp³-hybridized carbons (Fsp3) is 0.229. The molecule has 0 bridgehead atoms. The van der Waals surface area contributed by atoms with Crippen molar-refractivity contribution in [2.75, 3.05) is 43.1 Å². The van der Waals surface area contributed by atoms with Crippen molar-refractivity contribution in [2.45, 2.75) is 19.6 Å². The van der Waals surface area contributed by atoms with E-state index in [0.29, 0.717) is 37.4 Å². The van der Waals surface area contributed by atoms with Gasteiger partial charge >= 0.3 is 0 Å². The van der Waals surface area contributed by atoms with Gasteiger partial charge in [-0.15, -0.1) is 0 Å². The minimum absolute atomic E-state index is 0.0157. The minimum atomic E-state index is -0.353. The van der Waals surface area contributed by atoms with Gasteiger partial charge in [0.25, 0.3) is 5.91 Å². The number of nitrogens with zero attached hydrogens (tertiary/aromatic N) is 6. The number of hydrogen-bond acceptors (Lipinski definition) is 6. The zero-order valence-corrected chi connectivity index (χ0v) is 24.4. The number of halogens is 1. The molecule has 1 amide bonds. The first-order chi connectivity index (χ1) is 21.5. The third-order valence-corrected chi connectivity index (χ3v) is 8.58. The molecule has 2 aliphatic rings. The molecule has 44 heavy (non-hydrogen) atoms. The number of piperazine rings is 1. The molecule has 1 fully saturated rings. The lowest BCUT2D eigenvalue weighted by Gasteiger charge is -2.35. The summed E-state index contributed by atoms with van der Waals surface area (Å²) in [5, 5.41) is 15.9. The van der Waals surface area contributed by atoms with Gasteiger partial charge in [-0.3, -0.25) is 14.4 Å². The summed E-state index contributed by atoms with van der Waals surface area (Å²) in [5.41, 5.74) is 5.67. The predicted molar refractivity (Wildman–Crippen MR) is 167 cm³/mol. The molecular weight excluding hydrogens is 555 g/mol. The van der Waals surface area contributed by atoms with Gasteiger partial charge in [-0.2, -0.15) is 10.4 Å². The van der Waals surface area contributed by atoms with Crippen molar-refractivity contribution in [3.63, 3.8) is 0 Å². The molecule has 220 valence electrons. The van der Waals surface area contributed by atoms with E-state index in [1.807, 2.05) is 69.2 Å². The Morgan fingerprint density at radius 1 is 0.909 bits per heavy atom. The second-order valence-electron chi connectivity index (χ2n) is 11.3. The van der Waals surface area contributed by atoms with Gasteiger partial charge in [-0.05, 0) is 65.0 Å². The van der Waals surface area contributed by atoms with Crippen LogP contribution >= 0.6 is 0 Å². The number of methoxy groups -OCH3 is 1. The number of aromatic nitrogens is 2. The second-order valence-corrected chi connectivity index (χ2v) is 11.3. The van der Waals surface area contributed by atoms with Crippen LogP contribution in [-0.2, 0) is 19.6 Å². The van der Waals surface area contributed by atoms with Crippen molar-refractivity contribution in [1.82, 2.24) is 14.7 Å². The van der Waals surface area contributed by atoms with E-state index in [4.69, 9.17) is 15.1 Å². The zero-order valence-electron chi connectivity index (χ0n) is 24.4. The van der Waals surface area contributed by atoms with Gasteiger partial charge in [0.2, 0.25) is 0 Å². The summed E-state index contributed by atoms with van der Waals surface area (Å²) in [4.78, 5) is 19.7. The summed E-state index contributed by atoms with van der Waals surface area (Å²) in [6, 6.07) is 26.6. The van der Waals surface area contributed by atoms with Gasteiger partial charge in [-0.25, -0.2) is 4.39 Å². The van der Waals surface area contributed by atoms with E-state index in [1.54, 1.807) is 19.2 Å². The summed E-state index contributed by atoms with van der Waals surface area (Å²) in [6.07, 6.45) is 2.00. The molecule has 0 spiro atoms. The maximum Gasteiger partial charge on any atom is 0.259 e. The average Bonchev–Trinajstić information content (AvgIpc) is 3.61. The molecular formula is C35H31FN6O2. The van der Waals surface area contributed by atoms with Gasteiger partial charge in [-0.1, -0.05) is 30.3 Å². The molecule has 0 atom stereocenters. The van der Waals surface area contributed by atoms with Crippen LogP contribution in [0.1, 0.15) is 32.7 Å². The van der Waals surface area contributed by atoms with Crippen molar-refractivity contribution in [1.29, 1.82) is 5.26 Å². The van der Waals surface area contributed by atoms with Crippen molar-refractivity contribution < 1.29 is 13.9 Å². The normalized spacial score (nSPS) is 14.8. The first-order valence-electron chi connectivity index (χ1n) is 14.7. The molecule has 0 aliphatic carbocycles. The molecule has 0 N–H and O–H groups in total. The first-order valence-corrected chi connectivity index (χ1v) is 14.7. The lowest BCUT2D eigenvalue weighted by Crippen LogP contribution is -2.46. The number of ether oxygens (including phenoxy) is 1. The van der Waals surface area contributed by atoms with E-state index in [9.17, 15) is 9.18 Å². The van der Waals surface area contributed by atoms with Crippen LogP contribution in [0.15, 0.2) is 85.1 Å². The summed E-state index contributed by atoms with van der Waals surface area (Å²) < 4.78 is 21.7. The highest BCUT2D eigenvalue weighted by Crippen LogP contribution is 2.40. The molecule has 8 nitrogen and oxygen atoms in total. The summed E-state index contributed by atoms with van der Waals surface area (Å²) in [6.45, 7) is 4.81. The van der Waals surface area contributed by atoms with Crippen LogP contribution < -0.4 is 14.5 Å². The summed E-state index contributed by atoms with van der Waals surface area (Å²) in [7, 11) is 1.64. The molecule has 1 aromatic heterocycles. The van der Waals surface area contributed by atoms with Gasteiger partial charge < -0.3 is 14.5 Å². The Bertz CT molecular complexity index is 1900. The number of carbonyl (C=O) groups excluding carboxylic acids is 1. The van der Waals surface area contributed by atoms with Crippen LogP contribution in [0.25, 0.3) is 10.8 Å². The lowest BCUT2D eigenvalue weighted by molar-refractivity contribution is 0.0991. The molecule has 4 aromatic carbocycles. The van der Waals surface area contributed by atoms with Crippen molar-refractivity contribution in [3.05, 3.63) is 119 Å². The Morgan fingerprint density at radius 2 is 1.70 bits per heavy atom. The largest absolute Gasteiger partial charge is 0.497 e. The van der Waals surface area contributed by atoms with Crippen LogP contribution in [0.3, 0.4) is 0 Å². The monoisotopic (exact) mass is 586 g/mol. The van der Waals surface area contributed by atoms with Crippen LogP contribution in [-0.4, -0.2) is 53.9 Å². The fourth-order valence-corrected chi connectivity index (χ4v) is 6.27. The third-order valence-electron chi connectivity index (χ3n) is 8.58. The quantitative estimate of drug-likeness (QED) is 0.236. The number of rotatable bonds is 8. The van der Waals surface area contributed by atoms with E-state index in [1.165, 1.54) is 6.07 Å². The molecule has 0 radical (unpaired) electrons. The minimum Gasteiger partial charge on any atom is -0.497 e. The predicted octanol–water partition coefficient (Wildman–Crippen LogP) is 5.59. The Balaban J connectivity index is 1.03. The fourth-order valence-electron chi connectivity index (χ4n) is 6.27. The number of nitriles is 1. The topological polar surface area (TPSA) is 77.6 Å². The highest BCUT2D eigenvalue weighted by atomic mass is 19.1. The van der Waals surface area contributed by atoms with Gasteiger partial charge in [0, 0.05) is 49.9 Å². The number of anilines is 2. The number of hydrogen-bond donors (Lipinski definition) is 0. The summed E-state index contributed by atoms with van der Waals surface area (Å²) in [5.74, 6) is 0.452. The molecule has 7 rings (SSSR count). The van der Waals surface area contributed by atoms with Crippen molar-refractivity contribution in [3.8, 4) is 11.8 Å². The Kier molecular flexibility index (Phi) is 7.20. The first kappa shape index (κ1) is 27.6. The van der Waals surface area contributed by atoms with Crippen molar-refractivity contribution in [2.24, 2.45) is 0 Å². The average molecular weight is 587 g/mol.